The third-order valence-corrected chi connectivity index (χ3v) is 3.61. The van der Waals surface area contributed by atoms with E-state index in [2.05, 4.69) is 5.32 Å². The number of ether oxygens (including phenoxy) is 1. The lowest BCUT2D eigenvalue weighted by Gasteiger charge is -2.11. The van der Waals surface area contributed by atoms with Gasteiger partial charge in [-0.05, 0) is 35.9 Å². The number of carbonyl (C=O) groups excluding carboxylic acids is 1. The van der Waals surface area contributed by atoms with Crippen LogP contribution in [0.3, 0.4) is 0 Å². The quantitative estimate of drug-likeness (QED) is 0.853. The summed E-state index contributed by atoms with van der Waals surface area (Å²) >= 11 is 4.89. The molecule has 1 aliphatic heterocycles. The van der Waals surface area contributed by atoms with Crippen molar-refractivity contribution in [1.29, 1.82) is 0 Å². The van der Waals surface area contributed by atoms with Crippen LogP contribution < -0.4 is 15.8 Å². The molecule has 0 saturated heterocycles. The van der Waals surface area contributed by atoms with Crippen molar-refractivity contribution in [2.24, 2.45) is 5.73 Å². The molecule has 21 heavy (non-hydrogen) atoms. The Morgan fingerprint density at radius 1 is 1.19 bits per heavy atom. The molecule has 1 heterocycles. The van der Waals surface area contributed by atoms with Crippen molar-refractivity contribution in [1.82, 2.24) is 0 Å². The van der Waals surface area contributed by atoms with Crippen LogP contribution in [0.2, 0.25) is 0 Å². The number of rotatable bonds is 3. The third kappa shape index (κ3) is 2.87. The molecule has 2 aromatic rings. The first-order valence-corrected chi connectivity index (χ1v) is 6.99. The van der Waals surface area contributed by atoms with Crippen molar-refractivity contribution >= 4 is 28.8 Å². The molecule has 1 aliphatic rings. The highest BCUT2D eigenvalue weighted by molar-refractivity contribution is 7.80. The first-order valence-electron chi connectivity index (χ1n) is 6.59. The van der Waals surface area contributed by atoms with E-state index < -0.39 is 6.10 Å². The smallest absolute Gasteiger partial charge is 0.265 e. The first-order chi connectivity index (χ1) is 10.1. The van der Waals surface area contributed by atoms with Crippen LogP contribution in [0.25, 0.3) is 0 Å². The summed E-state index contributed by atoms with van der Waals surface area (Å²) in [6.45, 7) is 0. The Labute approximate surface area is 127 Å². The minimum absolute atomic E-state index is 0.158. The van der Waals surface area contributed by atoms with E-state index in [-0.39, 0.29) is 5.91 Å². The van der Waals surface area contributed by atoms with Crippen molar-refractivity contribution in [3.63, 3.8) is 0 Å². The van der Waals surface area contributed by atoms with E-state index in [0.717, 1.165) is 16.9 Å². The summed E-state index contributed by atoms with van der Waals surface area (Å²) in [5.74, 6) is 0.621. The summed E-state index contributed by atoms with van der Waals surface area (Å²) in [6, 6.07) is 14.8. The van der Waals surface area contributed by atoms with E-state index in [4.69, 9.17) is 22.7 Å². The van der Waals surface area contributed by atoms with Crippen LogP contribution in [-0.4, -0.2) is 17.0 Å². The van der Waals surface area contributed by atoms with Gasteiger partial charge < -0.3 is 15.8 Å². The predicted molar refractivity (Wildman–Crippen MR) is 85.5 cm³/mol. The second kappa shape index (κ2) is 5.54. The number of fused-ring (bicyclic) bond motifs is 1. The third-order valence-electron chi connectivity index (χ3n) is 3.38. The second-order valence-corrected chi connectivity index (χ2v) is 5.29. The summed E-state index contributed by atoms with van der Waals surface area (Å²) in [4.78, 5) is 12.6. The molecule has 0 spiro atoms. The largest absolute Gasteiger partial charge is 0.480 e. The van der Waals surface area contributed by atoms with Crippen LogP contribution in [-0.2, 0) is 11.2 Å². The van der Waals surface area contributed by atoms with Gasteiger partial charge in [0, 0.05) is 17.7 Å². The van der Waals surface area contributed by atoms with Crippen molar-refractivity contribution < 1.29 is 9.53 Å². The molecule has 0 saturated carbocycles. The summed E-state index contributed by atoms with van der Waals surface area (Å²) in [5, 5.41) is 2.84. The lowest BCUT2D eigenvalue weighted by molar-refractivity contribution is -0.122. The molecular weight excluding hydrogens is 284 g/mol. The average molecular weight is 298 g/mol. The van der Waals surface area contributed by atoms with Crippen molar-refractivity contribution in [3.8, 4) is 5.75 Å². The molecule has 3 N–H and O–H groups in total. The van der Waals surface area contributed by atoms with Crippen LogP contribution in [0.1, 0.15) is 11.1 Å². The fourth-order valence-electron chi connectivity index (χ4n) is 2.27. The number of amides is 1. The molecule has 0 bridgehead atoms. The Morgan fingerprint density at radius 2 is 1.90 bits per heavy atom. The van der Waals surface area contributed by atoms with Crippen LogP contribution in [0.15, 0.2) is 48.5 Å². The number of nitrogens with one attached hydrogen (secondary N) is 1. The normalized spacial score (nSPS) is 15.9. The molecular formula is C16H14N2O2S. The molecule has 0 aromatic heterocycles. The van der Waals surface area contributed by atoms with E-state index in [1.807, 2.05) is 24.3 Å². The Balaban J connectivity index is 1.66. The lowest BCUT2D eigenvalue weighted by atomic mass is 10.1. The van der Waals surface area contributed by atoms with Crippen LogP contribution in [0.5, 0.6) is 5.75 Å². The van der Waals surface area contributed by atoms with E-state index >= 15 is 0 Å². The highest BCUT2D eigenvalue weighted by atomic mass is 32.1. The number of thiocarbonyl (C=S) groups is 1. The van der Waals surface area contributed by atoms with E-state index in [1.165, 1.54) is 0 Å². The van der Waals surface area contributed by atoms with E-state index in [0.29, 0.717) is 17.1 Å². The van der Waals surface area contributed by atoms with Gasteiger partial charge in [0.25, 0.3) is 5.91 Å². The zero-order valence-corrected chi connectivity index (χ0v) is 12.0. The Hall–Kier alpha value is -2.40. The fourth-order valence-corrected chi connectivity index (χ4v) is 2.40. The Kier molecular flexibility index (Phi) is 3.58. The summed E-state index contributed by atoms with van der Waals surface area (Å²) in [6.07, 6.45) is 0.102. The number of para-hydroxylation sites is 1. The highest BCUT2D eigenvalue weighted by Crippen LogP contribution is 2.28. The van der Waals surface area contributed by atoms with Gasteiger partial charge in [-0.25, -0.2) is 0 Å². The molecule has 2 aromatic carbocycles. The summed E-state index contributed by atoms with van der Waals surface area (Å²) in [7, 11) is 0. The van der Waals surface area contributed by atoms with E-state index in [1.54, 1.807) is 24.3 Å². The molecule has 1 atom stereocenters. The molecule has 4 nitrogen and oxygen atoms in total. The number of nitrogens with two attached hydrogens (primary N) is 1. The molecule has 0 fully saturated rings. The van der Waals surface area contributed by atoms with Gasteiger partial charge >= 0.3 is 0 Å². The monoisotopic (exact) mass is 298 g/mol. The van der Waals surface area contributed by atoms with Crippen LogP contribution >= 0.6 is 12.2 Å². The van der Waals surface area contributed by atoms with E-state index in [9.17, 15) is 4.79 Å². The van der Waals surface area contributed by atoms with Crippen molar-refractivity contribution in [2.75, 3.05) is 5.32 Å². The molecule has 3 rings (SSSR count). The minimum atomic E-state index is -0.488. The van der Waals surface area contributed by atoms with Gasteiger partial charge in [0.2, 0.25) is 0 Å². The maximum absolute atomic E-state index is 12.2. The highest BCUT2D eigenvalue weighted by Gasteiger charge is 2.28. The zero-order chi connectivity index (χ0) is 14.8. The molecule has 1 unspecified atom stereocenters. The number of benzene rings is 2. The van der Waals surface area contributed by atoms with Crippen LogP contribution in [0.4, 0.5) is 5.69 Å². The van der Waals surface area contributed by atoms with Gasteiger partial charge in [0.05, 0.1) is 0 Å². The number of carbonyl (C=O) groups is 1. The Bertz CT molecular complexity index is 673. The molecule has 0 aliphatic carbocycles. The van der Waals surface area contributed by atoms with Gasteiger partial charge in [-0.1, -0.05) is 30.4 Å². The number of hydrogen-bond donors (Lipinski definition) is 2. The maximum atomic E-state index is 12.2. The standard InChI is InChI=1S/C16H14N2O2S/c17-15(21)10-5-7-12(8-6-10)18-16(19)14-9-11-3-1-2-4-13(11)20-14/h1-8,14H,9H2,(H2,17,21)(H,18,19). The van der Waals surface area contributed by atoms with Gasteiger partial charge in [-0.3, -0.25) is 4.79 Å². The molecule has 0 radical (unpaired) electrons. The average Bonchev–Trinajstić information content (AvgIpc) is 2.92. The van der Waals surface area contributed by atoms with Gasteiger partial charge in [0.1, 0.15) is 10.7 Å². The first kappa shape index (κ1) is 13.6. The van der Waals surface area contributed by atoms with Gasteiger partial charge in [0.15, 0.2) is 6.10 Å². The summed E-state index contributed by atoms with van der Waals surface area (Å²) in [5.41, 5.74) is 8.06. The van der Waals surface area contributed by atoms with Crippen molar-refractivity contribution in [2.45, 2.75) is 12.5 Å². The maximum Gasteiger partial charge on any atom is 0.265 e. The lowest BCUT2D eigenvalue weighted by Crippen LogP contribution is -2.31. The van der Waals surface area contributed by atoms with Gasteiger partial charge in [-0.2, -0.15) is 0 Å². The van der Waals surface area contributed by atoms with Crippen molar-refractivity contribution in [3.05, 3.63) is 59.7 Å². The van der Waals surface area contributed by atoms with Gasteiger partial charge in [-0.15, -0.1) is 0 Å². The predicted octanol–water partition coefficient (Wildman–Crippen LogP) is 2.26. The fraction of sp³-hybridized carbons (Fsp3) is 0.125. The molecule has 1 amide bonds. The number of hydrogen-bond acceptors (Lipinski definition) is 3. The number of anilines is 1. The minimum Gasteiger partial charge on any atom is -0.480 e. The Morgan fingerprint density at radius 3 is 2.57 bits per heavy atom. The zero-order valence-electron chi connectivity index (χ0n) is 11.2. The molecule has 106 valence electrons. The molecule has 5 heteroatoms. The van der Waals surface area contributed by atoms with Crippen LogP contribution in [0, 0.1) is 0 Å². The second-order valence-electron chi connectivity index (χ2n) is 4.85. The summed E-state index contributed by atoms with van der Waals surface area (Å²) < 4.78 is 5.65. The topological polar surface area (TPSA) is 64.3 Å². The SMILES string of the molecule is NC(=S)c1ccc(NC(=O)C2Cc3ccccc3O2)cc1.